The Morgan fingerprint density at radius 3 is 2.27 bits per heavy atom. The molecule has 0 saturated carbocycles. The Morgan fingerprint density at radius 1 is 0.879 bits per heavy atom. The van der Waals surface area contributed by atoms with Gasteiger partial charge < -0.3 is 9.84 Å². The molecule has 0 bridgehead atoms. The van der Waals surface area contributed by atoms with E-state index in [9.17, 15) is 18.3 Å². The van der Waals surface area contributed by atoms with Crippen LogP contribution in [0, 0.1) is 0 Å². The zero-order valence-corrected chi connectivity index (χ0v) is 19.0. The number of para-hydroxylation sites is 1. The van der Waals surface area contributed by atoms with E-state index in [1.807, 2.05) is 30.3 Å². The maximum Gasteiger partial charge on any atom is 0.424 e. The molecule has 10 heteroatoms. The topological polar surface area (TPSA) is 47.3 Å². The number of hydrogen-bond acceptors (Lipinski definition) is 3. The second kappa shape index (κ2) is 8.72. The van der Waals surface area contributed by atoms with E-state index in [1.54, 1.807) is 4.68 Å². The second-order valence-corrected chi connectivity index (χ2v) is 9.62. The van der Waals surface area contributed by atoms with Gasteiger partial charge in [0.1, 0.15) is 12.4 Å². The Labute approximate surface area is 202 Å². The number of benzene rings is 3. The van der Waals surface area contributed by atoms with E-state index in [4.69, 9.17) is 39.5 Å². The van der Waals surface area contributed by atoms with Gasteiger partial charge in [0.25, 0.3) is 0 Å². The van der Waals surface area contributed by atoms with E-state index in [0.29, 0.717) is 10.9 Å². The first-order chi connectivity index (χ1) is 15.5. The lowest BCUT2D eigenvalue weighted by molar-refractivity contribution is -0.275. The third-order valence-corrected chi connectivity index (χ3v) is 5.78. The molecule has 0 aliphatic rings. The molecule has 3 aromatic carbocycles. The van der Waals surface area contributed by atoms with Crippen LogP contribution in [0.1, 0.15) is 11.1 Å². The maximum absolute atomic E-state index is 14.0. The highest BCUT2D eigenvalue weighted by Gasteiger charge is 2.56. The van der Waals surface area contributed by atoms with Gasteiger partial charge in [0, 0.05) is 10.9 Å². The van der Waals surface area contributed by atoms with Gasteiger partial charge in [-0.15, -0.1) is 0 Å². The minimum absolute atomic E-state index is 0.0134. The number of aliphatic hydroxyl groups is 1. The van der Waals surface area contributed by atoms with Crippen LogP contribution in [0.15, 0.2) is 79.0 Å². The quantitative estimate of drug-likeness (QED) is 0.302. The average Bonchev–Trinajstić information content (AvgIpc) is 3.20. The summed E-state index contributed by atoms with van der Waals surface area (Å²) in [6.07, 6.45) is -3.59. The molecule has 0 radical (unpaired) electrons. The molecule has 4 nitrogen and oxygen atoms in total. The van der Waals surface area contributed by atoms with Crippen molar-refractivity contribution in [3.8, 4) is 11.4 Å². The van der Waals surface area contributed by atoms with E-state index in [1.165, 1.54) is 48.7 Å². The van der Waals surface area contributed by atoms with Crippen molar-refractivity contribution in [3.63, 3.8) is 0 Å². The van der Waals surface area contributed by atoms with Crippen LogP contribution in [0.25, 0.3) is 16.6 Å². The fourth-order valence-electron chi connectivity index (χ4n) is 3.34. The highest BCUT2D eigenvalue weighted by Crippen LogP contribution is 2.42. The number of ether oxygens (including phenoxy) is 1. The molecule has 1 unspecified atom stereocenters. The van der Waals surface area contributed by atoms with E-state index in [2.05, 4.69) is 5.10 Å². The van der Waals surface area contributed by atoms with Crippen LogP contribution in [0.3, 0.4) is 0 Å². The number of halogens is 6. The molecule has 0 saturated heterocycles. The van der Waals surface area contributed by atoms with Crippen LogP contribution < -0.4 is 4.74 Å². The first-order valence-corrected chi connectivity index (χ1v) is 10.8. The molecule has 33 heavy (non-hydrogen) atoms. The first-order valence-electron chi connectivity index (χ1n) is 9.62. The summed E-state index contributed by atoms with van der Waals surface area (Å²) in [6.45, 7) is -1.10. The van der Waals surface area contributed by atoms with Crippen LogP contribution in [-0.4, -0.2) is 27.7 Å². The van der Waals surface area contributed by atoms with Gasteiger partial charge in [-0.3, -0.25) is 0 Å². The molecule has 0 aliphatic heterocycles. The molecule has 4 rings (SSSR count). The Kier molecular flexibility index (Phi) is 6.26. The van der Waals surface area contributed by atoms with E-state index < -0.39 is 22.2 Å². The third kappa shape index (κ3) is 4.77. The van der Waals surface area contributed by atoms with Crippen LogP contribution in [-0.2, 0) is 9.39 Å². The van der Waals surface area contributed by atoms with Crippen LogP contribution >= 0.6 is 34.8 Å². The highest BCUT2D eigenvalue weighted by molar-refractivity contribution is 6.66. The summed E-state index contributed by atoms with van der Waals surface area (Å²) in [5, 5.41) is 15.4. The Balaban J connectivity index is 1.67. The lowest BCUT2D eigenvalue weighted by atomic mass is 9.93. The molecule has 172 valence electrons. The largest absolute Gasteiger partial charge is 0.490 e. The number of rotatable bonds is 5. The zero-order chi connectivity index (χ0) is 23.9. The smallest absolute Gasteiger partial charge is 0.424 e. The van der Waals surface area contributed by atoms with Gasteiger partial charge in [-0.05, 0) is 42.0 Å². The lowest BCUT2D eigenvalue weighted by Gasteiger charge is -2.31. The summed E-state index contributed by atoms with van der Waals surface area (Å²) < 4.78 is 47.2. The maximum atomic E-state index is 14.0. The minimum Gasteiger partial charge on any atom is -0.490 e. The number of fused-ring (bicyclic) bond motifs is 1. The third-order valence-electron chi connectivity index (χ3n) is 5.12. The van der Waals surface area contributed by atoms with Crippen molar-refractivity contribution < 1.29 is 23.0 Å². The molecule has 0 amide bonds. The minimum atomic E-state index is -5.02. The summed E-state index contributed by atoms with van der Waals surface area (Å²) in [5.41, 5.74) is -2.11. The van der Waals surface area contributed by atoms with Gasteiger partial charge in [0.05, 0.1) is 17.4 Å². The fraction of sp³-hybridized carbons (Fsp3) is 0.174. The molecule has 4 aromatic rings. The summed E-state index contributed by atoms with van der Waals surface area (Å²) in [4.78, 5) is 0. The van der Waals surface area contributed by atoms with E-state index in [0.717, 1.165) is 5.69 Å². The molecule has 1 aromatic heterocycles. The van der Waals surface area contributed by atoms with Crippen molar-refractivity contribution in [1.82, 2.24) is 9.78 Å². The predicted molar refractivity (Wildman–Crippen MR) is 122 cm³/mol. The van der Waals surface area contributed by atoms with Gasteiger partial charge in [0.15, 0.2) is 0 Å². The Bertz CT molecular complexity index is 1270. The van der Waals surface area contributed by atoms with Crippen molar-refractivity contribution >= 4 is 45.7 Å². The molecular weight excluding hydrogens is 500 g/mol. The molecule has 1 heterocycles. The van der Waals surface area contributed by atoms with Gasteiger partial charge in [-0.25, -0.2) is 4.68 Å². The number of aromatic nitrogens is 2. The molecule has 0 fully saturated rings. The first kappa shape index (κ1) is 23.7. The Morgan fingerprint density at radius 2 is 1.61 bits per heavy atom. The van der Waals surface area contributed by atoms with Crippen molar-refractivity contribution in [2.45, 2.75) is 15.6 Å². The van der Waals surface area contributed by atoms with Crippen molar-refractivity contribution in [1.29, 1.82) is 0 Å². The molecule has 1 atom stereocenters. The number of alkyl halides is 6. The van der Waals surface area contributed by atoms with E-state index >= 15 is 0 Å². The summed E-state index contributed by atoms with van der Waals surface area (Å²) in [6, 6.07) is 18.8. The van der Waals surface area contributed by atoms with Crippen LogP contribution in [0.5, 0.6) is 5.75 Å². The fourth-order valence-corrected chi connectivity index (χ4v) is 3.70. The SMILES string of the molecule is OC(COc1cccc(C(Cl)(Cl)Cl)c1)(c1ccc2c(cnn2-c2ccccc2)c1)C(F)(F)F. The van der Waals surface area contributed by atoms with Gasteiger partial charge >= 0.3 is 6.18 Å². The lowest BCUT2D eigenvalue weighted by Crippen LogP contribution is -2.47. The second-order valence-electron chi connectivity index (χ2n) is 7.34. The predicted octanol–water partition coefficient (Wildman–Crippen LogP) is 6.68. The summed E-state index contributed by atoms with van der Waals surface area (Å²) in [5.74, 6) is 0.0134. The monoisotopic (exact) mass is 514 g/mol. The average molecular weight is 516 g/mol. The zero-order valence-electron chi connectivity index (χ0n) is 16.7. The number of nitrogens with zero attached hydrogens (tertiary/aromatic N) is 2. The standard InChI is InChI=1S/C23H16Cl3F3N2O2/c24-22(25,26)17-5-4-8-19(12-17)33-14-21(32,23(27,28)29)16-9-10-20-15(11-16)13-30-31(20)18-6-2-1-3-7-18/h1-13,32H,14H2. The molecule has 0 aliphatic carbocycles. The van der Waals surface area contributed by atoms with Crippen molar-refractivity contribution in [2.75, 3.05) is 6.61 Å². The molecular formula is C23H16Cl3F3N2O2. The van der Waals surface area contributed by atoms with Gasteiger partial charge in [-0.2, -0.15) is 18.3 Å². The van der Waals surface area contributed by atoms with E-state index in [-0.39, 0.29) is 16.9 Å². The van der Waals surface area contributed by atoms with Crippen LogP contribution in [0.4, 0.5) is 13.2 Å². The van der Waals surface area contributed by atoms with Gasteiger partial charge in [-0.1, -0.05) is 71.2 Å². The molecule has 1 N–H and O–H groups in total. The normalized spacial score (nSPS) is 14.3. The Hall–Kier alpha value is -2.45. The number of hydrogen-bond donors (Lipinski definition) is 1. The van der Waals surface area contributed by atoms with Gasteiger partial charge in [0.2, 0.25) is 9.39 Å². The van der Waals surface area contributed by atoms with Crippen molar-refractivity contribution in [3.05, 3.63) is 90.1 Å². The van der Waals surface area contributed by atoms with Crippen LogP contribution in [0.2, 0.25) is 0 Å². The summed E-state index contributed by atoms with van der Waals surface area (Å²) in [7, 11) is 0. The summed E-state index contributed by atoms with van der Waals surface area (Å²) >= 11 is 17.5. The highest BCUT2D eigenvalue weighted by atomic mass is 35.6. The molecule has 0 spiro atoms. The van der Waals surface area contributed by atoms with Crippen molar-refractivity contribution in [2.24, 2.45) is 0 Å².